The van der Waals surface area contributed by atoms with Crippen LogP contribution in [0.2, 0.25) is 0 Å². The van der Waals surface area contributed by atoms with Gasteiger partial charge in [0.1, 0.15) is 6.61 Å². The standard InChI is InChI=1S/C15H12O2/c1-10-3-2-4-11(7-10)12-5-6-14-13(8-12)9-17-15(14)16/h2-8H,9H2,1H3. The van der Waals surface area contributed by atoms with Crippen molar-refractivity contribution in [1.82, 2.24) is 0 Å². The number of cyclic esters (lactones) is 1. The maximum absolute atomic E-state index is 11.3. The highest BCUT2D eigenvalue weighted by Gasteiger charge is 2.20. The summed E-state index contributed by atoms with van der Waals surface area (Å²) in [5.74, 6) is -0.212. The van der Waals surface area contributed by atoms with Crippen LogP contribution in [0.15, 0.2) is 42.5 Å². The number of carbonyl (C=O) groups excluding carboxylic acids is 1. The Morgan fingerprint density at radius 2 is 1.88 bits per heavy atom. The molecule has 0 aromatic heterocycles. The van der Waals surface area contributed by atoms with E-state index in [1.165, 1.54) is 11.1 Å². The number of rotatable bonds is 1. The van der Waals surface area contributed by atoms with E-state index in [2.05, 4.69) is 25.1 Å². The number of hydrogen-bond donors (Lipinski definition) is 0. The van der Waals surface area contributed by atoms with Gasteiger partial charge in [-0.15, -0.1) is 0 Å². The van der Waals surface area contributed by atoms with Crippen LogP contribution in [0.25, 0.3) is 11.1 Å². The molecule has 2 nitrogen and oxygen atoms in total. The van der Waals surface area contributed by atoms with Crippen LogP contribution in [-0.4, -0.2) is 5.97 Å². The summed E-state index contributed by atoms with van der Waals surface area (Å²) in [6.07, 6.45) is 0. The van der Waals surface area contributed by atoms with Crippen LogP contribution in [-0.2, 0) is 11.3 Å². The summed E-state index contributed by atoms with van der Waals surface area (Å²) in [6.45, 7) is 2.47. The van der Waals surface area contributed by atoms with Crippen LogP contribution < -0.4 is 0 Å². The van der Waals surface area contributed by atoms with E-state index in [4.69, 9.17) is 4.74 Å². The smallest absolute Gasteiger partial charge is 0.338 e. The molecule has 0 atom stereocenters. The Hall–Kier alpha value is -2.09. The zero-order valence-electron chi connectivity index (χ0n) is 9.57. The molecule has 1 heterocycles. The van der Waals surface area contributed by atoms with Gasteiger partial charge >= 0.3 is 5.97 Å². The number of fused-ring (bicyclic) bond motifs is 1. The molecular formula is C15H12O2. The molecule has 0 saturated carbocycles. The summed E-state index contributed by atoms with van der Waals surface area (Å²) >= 11 is 0. The Balaban J connectivity index is 2.09. The molecule has 0 unspecified atom stereocenters. The van der Waals surface area contributed by atoms with E-state index < -0.39 is 0 Å². The van der Waals surface area contributed by atoms with Gasteiger partial charge in [-0.2, -0.15) is 0 Å². The quantitative estimate of drug-likeness (QED) is 0.694. The van der Waals surface area contributed by atoms with Crippen molar-refractivity contribution in [3.63, 3.8) is 0 Å². The third-order valence-corrected chi connectivity index (χ3v) is 3.04. The van der Waals surface area contributed by atoms with E-state index in [0.717, 1.165) is 11.1 Å². The Labute approximate surface area is 99.9 Å². The lowest BCUT2D eigenvalue weighted by Gasteiger charge is -2.04. The predicted molar refractivity (Wildman–Crippen MR) is 65.7 cm³/mol. The second kappa shape index (κ2) is 3.74. The number of ether oxygens (including phenoxy) is 1. The van der Waals surface area contributed by atoms with Gasteiger partial charge in [0.2, 0.25) is 0 Å². The van der Waals surface area contributed by atoms with Crippen LogP contribution in [0.1, 0.15) is 21.5 Å². The fourth-order valence-corrected chi connectivity index (χ4v) is 2.14. The molecule has 2 aromatic carbocycles. The summed E-state index contributed by atoms with van der Waals surface area (Å²) in [4.78, 5) is 11.3. The van der Waals surface area contributed by atoms with Crippen LogP contribution in [0, 0.1) is 6.92 Å². The Morgan fingerprint density at radius 3 is 2.71 bits per heavy atom. The highest BCUT2D eigenvalue weighted by molar-refractivity contribution is 5.94. The molecule has 2 aromatic rings. The first-order chi connectivity index (χ1) is 8.24. The van der Waals surface area contributed by atoms with Crippen LogP contribution in [0.5, 0.6) is 0 Å². The van der Waals surface area contributed by atoms with E-state index in [0.29, 0.717) is 12.2 Å². The van der Waals surface area contributed by atoms with E-state index in [1.54, 1.807) is 0 Å². The number of benzene rings is 2. The molecule has 84 valence electrons. The highest BCUT2D eigenvalue weighted by atomic mass is 16.5. The average molecular weight is 224 g/mol. The van der Waals surface area contributed by atoms with E-state index in [9.17, 15) is 4.79 Å². The maximum Gasteiger partial charge on any atom is 0.338 e. The van der Waals surface area contributed by atoms with Gasteiger partial charge < -0.3 is 4.74 Å². The Morgan fingerprint density at radius 1 is 1.06 bits per heavy atom. The predicted octanol–water partition coefficient (Wildman–Crippen LogP) is 3.33. The van der Waals surface area contributed by atoms with Crippen molar-refractivity contribution < 1.29 is 9.53 Å². The van der Waals surface area contributed by atoms with E-state index in [1.807, 2.05) is 24.3 Å². The van der Waals surface area contributed by atoms with Gasteiger partial charge in [-0.25, -0.2) is 4.79 Å². The lowest BCUT2D eigenvalue weighted by atomic mass is 9.99. The van der Waals surface area contributed by atoms with E-state index in [-0.39, 0.29) is 5.97 Å². The van der Waals surface area contributed by atoms with Gasteiger partial charge in [0.25, 0.3) is 0 Å². The molecule has 0 bridgehead atoms. The van der Waals surface area contributed by atoms with Gasteiger partial charge in [-0.3, -0.25) is 0 Å². The van der Waals surface area contributed by atoms with Crippen molar-refractivity contribution in [2.75, 3.05) is 0 Å². The van der Waals surface area contributed by atoms with Crippen LogP contribution in [0.3, 0.4) is 0 Å². The average Bonchev–Trinajstić information content (AvgIpc) is 2.71. The van der Waals surface area contributed by atoms with Crippen LogP contribution >= 0.6 is 0 Å². The molecular weight excluding hydrogens is 212 g/mol. The molecule has 0 radical (unpaired) electrons. The van der Waals surface area contributed by atoms with Crippen molar-refractivity contribution in [2.24, 2.45) is 0 Å². The molecule has 0 amide bonds. The topological polar surface area (TPSA) is 26.3 Å². The molecule has 0 aliphatic carbocycles. The first-order valence-corrected chi connectivity index (χ1v) is 5.61. The molecule has 3 rings (SSSR count). The second-order valence-corrected chi connectivity index (χ2v) is 4.32. The summed E-state index contributed by atoms with van der Waals surface area (Å²) < 4.78 is 5.00. The Bertz CT molecular complexity index is 600. The molecule has 0 fully saturated rings. The molecule has 17 heavy (non-hydrogen) atoms. The van der Waals surface area contributed by atoms with Gasteiger partial charge in [0, 0.05) is 5.56 Å². The van der Waals surface area contributed by atoms with Crippen molar-refractivity contribution in [3.8, 4) is 11.1 Å². The molecule has 1 aliphatic rings. The first-order valence-electron chi connectivity index (χ1n) is 5.61. The largest absolute Gasteiger partial charge is 0.457 e. The van der Waals surface area contributed by atoms with Gasteiger partial charge in [0.15, 0.2) is 0 Å². The fraction of sp³-hybridized carbons (Fsp3) is 0.133. The highest BCUT2D eigenvalue weighted by Crippen LogP contribution is 2.27. The maximum atomic E-state index is 11.3. The summed E-state index contributed by atoms with van der Waals surface area (Å²) in [5, 5.41) is 0. The minimum atomic E-state index is -0.212. The normalized spacial score (nSPS) is 13.4. The SMILES string of the molecule is Cc1cccc(-c2ccc3c(c2)COC3=O)c1. The lowest BCUT2D eigenvalue weighted by Crippen LogP contribution is -1.93. The van der Waals surface area contributed by atoms with Crippen molar-refractivity contribution in [3.05, 3.63) is 59.2 Å². The summed E-state index contributed by atoms with van der Waals surface area (Å²) in [7, 11) is 0. The van der Waals surface area contributed by atoms with Crippen molar-refractivity contribution in [1.29, 1.82) is 0 Å². The minimum Gasteiger partial charge on any atom is -0.457 e. The molecule has 0 spiro atoms. The third-order valence-electron chi connectivity index (χ3n) is 3.04. The van der Waals surface area contributed by atoms with Crippen molar-refractivity contribution in [2.45, 2.75) is 13.5 Å². The molecule has 0 saturated heterocycles. The van der Waals surface area contributed by atoms with E-state index >= 15 is 0 Å². The zero-order valence-corrected chi connectivity index (χ0v) is 9.57. The monoisotopic (exact) mass is 224 g/mol. The van der Waals surface area contributed by atoms with Crippen LogP contribution in [0.4, 0.5) is 0 Å². The van der Waals surface area contributed by atoms with Gasteiger partial charge in [-0.1, -0.05) is 35.9 Å². The molecule has 1 aliphatic heterocycles. The molecule has 2 heteroatoms. The van der Waals surface area contributed by atoms with Gasteiger partial charge in [0.05, 0.1) is 5.56 Å². The fourth-order valence-electron chi connectivity index (χ4n) is 2.14. The number of esters is 1. The summed E-state index contributed by atoms with van der Waals surface area (Å²) in [6, 6.07) is 14.2. The number of hydrogen-bond acceptors (Lipinski definition) is 2. The second-order valence-electron chi connectivity index (χ2n) is 4.32. The first kappa shape index (κ1) is 10.1. The molecule has 0 N–H and O–H groups in total. The van der Waals surface area contributed by atoms with Gasteiger partial charge in [-0.05, 0) is 30.2 Å². The third kappa shape index (κ3) is 1.72. The Kier molecular flexibility index (Phi) is 2.22. The zero-order chi connectivity index (χ0) is 11.8. The van der Waals surface area contributed by atoms with Crippen molar-refractivity contribution >= 4 is 5.97 Å². The number of aryl methyl sites for hydroxylation is 1. The summed E-state index contributed by atoms with van der Waals surface area (Å²) in [5.41, 5.74) is 5.21. The number of carbonyl (C=O) groups is 1. The lowest BCUT2D eigenvalue weighted by molar-refractivity contribution is 0.0535. The minimum absolute atomic E-state index is 0.212.